The average Bonchev–Trinajstić information content (AvgIpc) is 3.03. The van der Waals surface area contributed by atoms with Crippen LogP contribution in [-0.4, -0.2) is 21.1 Å². The van der Waals surface area contributed by atoms with Crippen molar-refractivity contribution in [2.75, 3.05) is 6.54 Å². The second-order valence-electron chi connectivity index (χ2n) is 5.87. The van der Waals surface area contributed by atoms with Gasteiger partial charge in [0.25, 0.3) is 0 Å². The predicted molar refractivity (Wildman–Crippen MR) is 85.5 cm³/mol. The van der Waals surface area contributed by atoms with Crippen molar-refractivity contribution < 1.29 is 0 Å². The van der Waals surface area contributed by atoms with Gasteiger partial charge in [0.2, 0.25) is 0 Å². The monoisotopic (exact) mass is 310 g/mol. The molecule has 0 bridgehead atoms. The first-order chi connectivity index (χ1) is 9.52. The Kier molecular flexibility index (Phi) is 5.23. The van der Waals surface area contributed by atoms with Crippen molar-refractivity contribution in [2.45, 2.75) is 52.0 Å². The van der Waals surface area contributed by atoms with Gasteiger partial charge in [-0.25, -0.2) is 4.98 Å². The van der Waals surface area contributed by atoms with Gasteiger partial charge >= 0.3 is 0 Å². The maximum atomic E-state index is 4.41. The van der Waals surface area contributed by atoms with E-state index in [-0.39, 0.29) is 11.5 Å². The number of thiazole rings is 1. The fourth-order valence-corrected chi connectivity index (χ4v) is 3.65. The lowest BCUT2D eigenvalue weighted by molar-refractivity contribution is 0.504. The maximum Gasteiger partial charge on any atom is 0.0944 e. The molecule has 1 atom stereocenters. The van der Waals surface area contributed by atoms with E-state index < -0.39 is 0 Å². The van der Waals surface area contributed by atoms with E-state index in [0.29, 0.717) is 0 Å². The molecule has 0 fully saturated rings. The van der Waals surface area contributed by atoms with Gasteiger partial charge in [-0.2, -0.15) is 0 Å². The van der Waals surface area contributed by atoms with Gasteiger partial charge < -0.3 is 5.32 Å². The van der Waals surface area contributed by atoms with Crippen molar-refractivity contribution in [1.82, 2.24) is 19.9 Å². The molecular formula is C14H22N4S2. The zero-order chi connectivity index (χ0) is 14.6. The van der Waals surface area contributed by atoms with E-state index in [4.69, 9.17) is 0 Å². The summed E-state index contributed by atoms with van der Waals surface area (Å²) in [5, 5.41) is 11.2. The zero-order valence-electron chi connectivity index (χ0n) is 12.5. The van der Waals surface area contributed by atoms with Crippen molar-refractivity contribution in [3.63, 3.8) is 0 Å². The molecule has 0 amide bonds. The molecule has 110 valence electrons. The summed E-state index contributed by atoms with van der Waals surface area (Å²) < 4.78 is 4.18. The minimum atomic E-state index is 0.0252. The van der Waals surface area contributed by atoms with E-state index in [9.17, 15) is 0 Å². The minimum Gasteiger partial charge on any atom is -0.309 e. The fourth-order valence-electron chi connectivity index (χ4n) is 2.05. The van der Waals surface area contributed by atoms with Gasteiger partial charge in [0.05, 0.1) is 21.6 Å². The molecule has 0 aliphatic carbocycles. The molecule has 20 heavy (non-hydrogen) atoms. The van der Waals surface area contributed by atoms with Crippen molar-refractivity contribution in [1.29, 1.82) is 0 Å². The van der Waals surface area contributed by atoms with Crippen LogP contribution in [0.25, 0.3) is 0 Å². The molecule has 0 spiro atoms. The summed E-state index contributed by atoms with van der Waals surface area (Å²) in [6, 6.07) is 0.260. The number of nitrogens with zero attached hydrogens (tertiary/aromatic N) is 3. The van der Waals surface area contributed by atoms with Crippen molar-refractivity contribution >= 4 is 22.9 Å². The van der Waals surface area contributed by atoms with E-state index in [2.05, 4.69) is 47.6 Å². The van der Waals surface area contributed by atoms with Gasteiger partial charge in [-0.05, 0) is 24.5 Å². The molecule has 4 nitrogen and oxygen atoms in total. The first-order valence-corrected chi connectivity index (χ1v) is 8.62. The Morgan fingerprint density at radius 3 is 2.75 bits per heavy atom. The van der Waals surface area contributed by atoms with E-state index in [1.165, 1.54) is 16.4 Å². The Balaban J connectivity index is 2.24. The molecule has 0 radical (unpaired) electrons. The van der Waals surface area contributed by atoms with Gasteiger partial charge in [0.15, 0.2) is 0 Å². The van der Waals surface area contributed by atoms with Gasteiger partial charge in [-0.3, -0.25) is 0 Å². The van der Waals surface area contributed by atoms with Crippen LogP contribution in [-0.2, 0) is 11.8 Å². The summed E-state index contributed by atoms with van der Waals surface area (Å²) in [6.45, 7) is 9.75. The Hall–Kier alpha value is -0.850. The Labute approximate surface area is 128 Å². The largest absolute Gasteiger partial charge is 0.309 e. The second kappa shape index (κ2) is 6.74. The number of nitrogens with one attached hydrogen (secondary N) is 1. The van der Waals surface area contributed by atoms with Crippen LogP contribution in [0.1, 0.15) is 55.7 Å². The predicted octanol–water partition coefficient (Wildman–Crippen LogP) is 3.58. The molecule has 1 N–H and O–H groups in total. The van der Waals surface area contributed by atoms with Crippen LogP contribution >= 0.6 is 22.9 Å². The normalized spacial score (nSPS) is 13.6. The maximum absolute atomic E-state index is 4.41. The smallest absolute Gasteiger partial charge is 0.0944 e. The first kappa shape index (κ1) is 15.5. The van der Waals surface area contributed by atoms with Crippen LogP contribution in [0.5, 0.6) is 0 Å². The second-order valence-corrected chi connectivity index (χ2v) is 7.64. The third kappa shape index (κ3) is 3.84. The van der Waals surface area contributed by atoms with Crippen LogP contribution < -0.4 is 5.32 Å². The topological polar surface area (TPSA) is 50.7 Å². The molecule has 2 heterocycles. The highest BCUT2D eigenvalue weighted by Gasteiger charge is 2.27. The zero-order valence-corrected chi connectivity index (χ0v) is 14.1. The van der Waals surface area contributed by atoms with Gasteiger partial charge in [-0.15, -0.1) is 16.4 Å². The highest BCUT2D eigenvalue weighted by Crippen LogP contribution is 2.32. The minimum absolute atomic E-state index is 0.0252. The van der Waals surface area contributed by atoms with E-state index in [1.807, 2.05) is 11.6 Å². The Morgan fingerprint density at radius 2 is 2.15 bits per heavy atom. The Morgan fingerprint density at radius 1 is 1.35 bits per heavy atom. The number of aromatic nitrogens is 3. The highest BCUT2D eigenvalue weighted by molar-refractivity contribution is 7.09. The molecule has 2 aromatic heterocycles. The average molecular weight is 310 g/mol. The summed E-state index contributed by atoms with van der Waals surface area (Å²) in [6.07, 6.45) is 3.89. The quantitative estimate of drug-likeness (QED) is 0.886. The first-order valence-electron chi connectivity index (χ1n) is 6.97. The molecule has 0 aromatic carbocycles. The fraction of sp³-hybridized carbons (Fsp3) is 0.643. The standard InChI is InChI=1S/C14H22N4S2/c1-5-6-15-10(9-11-16-7-8-19-11)12-13(14(2,3)4)17-18-20-12/h7-8,10,15H,5-6,9H2,1-4H3. The number of rotatable bonds is 6. The molecule has 0 aliphatic heterocycles. The SMILES string of the molecule is CCCNC(Cc1nccs1)c1snnc1C(C)(C)C. The summed E-state index contributed by atoms with van der Waals surface area (Å²) >= 11 is 3.22. The summed E-state index contributed by atoms with van der Waals surface area (Å²) in [4.78, 5) is 5.66. The van der Waals surface area contributed by atoms with Crippen LogP contribution in [0.2, 0.25) is 0 Å². The molecule has 6 heteroatoms. The van der Waals surface area contributed by atoms with Crippen molar-refractivity contribution in [2.24, 2.45) is 0 Å². The molecule has 0 saturated heterocycles. The Bertz CT molecular complexity index is 514. The van der Waals surface area contributed by atoms with Gasteiger partial charge in [0.1, 0.15) is 0 Å². The molecule has 1 unspecified atom stereocenters. The van der Waals surface area contributed by atoms with Crippen molar-refractivity contribution in [3.8, 4) is 0 Å². The lowest BCUT2D eigenvalue weighted by Crippen LogP contribution is -2.26. The van der Waals surface area contributed by atoms with E-state index >= 15 is 0 Å². The van der Waals surface area contributed by atoms with Crippen LogP contribution in [0.15, 0.2) is 11.6 Å². The number of hydrogen-bond donors (Lipinski definition) is 1. The van der Waals surface area contributed by atoms with Crippen molar-refractivity contribution in [3.05, 3.63) is 27.2 Å². The summed E-state index contributed by atoms with van der Waals surface area (Å²) in [5.74, 6) is 0. The van der Waals surface area contributed by atoms with Gasteiger partial charge in [0, 0.05) is 23.4 Å². The summed E-state index contributed by atoms with van der Waals surface area (Å²) in [7, 11) is 0. The van der Waals surface area contributed by atoms with Crippen LogP contribution in [0, 0.1) is 0 Å². The molecular weight excluding hydrogens is 288 g/mol. The van der Waals surface area contributed by atoms with Gasteiger partial charge in [-0.1, -0.05) is 32.2 Å². The highest BCUT2D eigenvalue weighted by atomic mass is 32.1. The van der Waals surface area contributed by atoms with Crippen LogP contribution in [0.3, 0.4) is 0 Å². The lowest BCUT2D eigenvalue weighted by atomic mass is 9.89. The molecule has 2 rings (SSSR count). The van der Waals surface area contributed by atoms with E-state index in [0.717, 1.165) is 30.1 Å². The molecule has 0 aliphatic rings. The molecule has 0 saturated carbocycles. The van der Waals surface area contributed by atoms with Crippen LogP contribution in [0.4, 0.5) is 0 Å². The lowest BCUT2D eigenvalue weighted by Gasteiger charge is -2.22. The third-order valence-electron chi connectivity index (χ3n) is 3.04. The summed E-state index contributed by atoms with van der Waals surface area (Å²) in [5.41, 5.74) is 1.13. The number of hydrogen-bond acceptors (Lipinski definition) is 6. The molecule has 2 aromatic rings. The van der Waals surface area contributed by atoms with E-state index in [1.54, 1.807) is 11.3 Å². The third-order valence-corrected chi connectivity index (χ3v) is 4.68.